The molecule has 2 aromatic heterocycles. The number of nitrogens with one attached hydrogen (secondary N) is 1. The molecular formula is C21H20N2O4. The molecule has 6 heteroatoms. The molecular weight excluding hydrogens is 344 g/mol. The number of aromatic amines is 1. The number of carbonyl (C=O) groups excluding carboxylic acids is 1. The van der Waals surface area contributed by atoms with Crippen LogP contribution < -0.4 is 10.3 Å². The van der Waals surface area contributed by atoms with Crippen LogP contribution in [0.25, 0.3) is 11.5 Å². The van der Waals surface area contributed by atoms with E-state index in [1.54, 1.807) is 36.3 Å². The summed E-state index contributed by atoms with van der Waals surface area (Å²) in [6.07, 6.45) is 3.15. The Morgan fingerprint density at radius 3 is 2.59 bits per heavy atom. The van der Waals surface area contributed by atoms with E-state index < -0.39 is 5.56 Å². The van der Waals surface area contributed by atoms with Crippen LogP contribution in [0.3, 0.4) is 0 Å². The van der Waals surface area contributed by atoms with Crippen molar-refractivity contribution in [3.05, 3.63) is 88.9 Å². The van der Waals surface area contributed by atoms with Crippen LogP contribution in [0, 0.1) is 0 Å². The third kappa shape index (κ3) is 4.17. The lowest BCUT2D eigenvalue weighted by atomic mass is 10.1. The minimum absolute atomic E-state index is 0.0701. The summed E-state index contributed by atoms with van der Waals surface area (Å²) in [4.78, 5) is 29.6. The maximum Gasteiger partial charge on any atom is 0.261 e. The number of nitrogens with zero attached hydrogens (tertiary/aromatic N) is 1. The molecule has 1 N–H and O–H groups in total. The Morgan fingerprint density at radius 1 is 1.22 bits per heavy atom. The van der Waals surface area contributed by atoms with Crippen molar-refractivity contribution in [3.63, 3.8) is 0 Å². The Labute approximate surface area is 156 Å². The number of pyridine rings is 1. The molecule has 0 aliphatic rings. The van der Waals surface area contributed by atoms with Crippen molar-refractivity contribution in [3.8, 4) is 17.2 Å². The van der Waals surface area contributed by atoms with Crippen LogP contribution in [0.5, 0.6) is 5.75 Å². The fourth-order valence-electron chi connectivity index (χ4n) is 2.71. The number of furan rings is 1. The van der Waals surface area contributed by atoms with Crippen molar-refractivity contribution in [1.29, 1.82) is 0 Å². The minimum Gasteiger partial charge on any atom is -0.497 e. The number of methoxy groups -OCH3 is 1. The lowest BCUT2D eigenvalue weighted by molar-refractivity contribution is 0.0761. The molecule has 3 aromatic rings. The standard InChI is InChI=1S/C21H20N2O4/c1-3-12-23(14-15-6-8-16(26-2)9-7-15)21(25)17-10-11-18(22-20(17)24)19-5-4-13-27-19/h3-11,13H,1,12,14H2,2H3,(H,22,24). The van der Waals surface area contributed by atoms with Gasteiger partial charge in [-0.3, -0.25) is 9.59 Å². The number of aromatic nitrogens is 1. The highest BCUT2D eigenvalue weighted by atomic mass is 16.5. The first-order valence-electron chi connectivity index (χ1n) is 8.42. The lowest BCUT2D eigenvalue weighted by Crippen LogP contribution is -2.34. The third-order valence-corrected chi connectivity index (χ3v) is 4.10. The highest BCUT2D eigenvalue weighted by molar-refractivity contribution is 5.94. The molecule has 0 aliphatic heterocycles. The second kappa shape index (κ2) is 8.23. The van der Waals surface area contributed by atoms with Gasteiger partial charge in [0.05, 0.1) is 19.1 Å². The first kappa shape index (κ1) is 18.3. The van der Waals surface area contributed by atoms with Gasteiger partial charge in [-0.1, -0.05) is 18.2 Å². The van der Waals surface area contributed by atoms with Gasteiger partial charge in [0.15, 0.2) is 0 Å². The summed E-state index contributed by atoms with van der Waals surface area (Å²) in [5.41, 5.74) is 1.06. The first-order chi connectivity index (χ1) is 13.1. The number of amides is 1. The maximum atomic E-state index is 12.9. The largest absolute Gasteiger partial charge is 0.497 e. The van der Waals surface area contributed by atoms with Crippen molar-refractivity contribution in [2.75, 3.05) is 13.7 Å². The van der Waals surface area contributed by atoms with E-state index in [2.05, 4.69) is 11.6 Å². The van der Waals surface area contributed by atoms with Gasteiger partial charge in [0.25, 0.3) is 11.5 Å². The van der Waals surface area contributed by atoms with Crippen LogP contribution in [0.4, 0.5) is 0 Å². The summed E-state index contributed by atoms with van der Waals surface area (Å²) in [7, 11) is 1.60. The number of hydrogen-bond donors (Lipinski definition) is 1. The molecule has 6 nitrogen and oxygen atoms in total. The van der Waals surface area contributed by atoms with Gasteiger partial charge in [0, 0.05) is 13.1 Å². The molecule has 0 saturated heterocycles. The zero-order chi connectivity index (χ0) is 19.2. The molecule has 0 unspecified atom stereocenters. The Hall–Kier alpha value is -3.54. The molecule has 0 fully saturated rings. The van der Waals surface area contributed by atoms with Gasteiger partial charge in [-0.25, -0.2) is 0 Å². The van der Waals surface area contributed by atoms with Crippen LogP contribution in [0.2, 0.25) is 0 Å². The number of H-pyrrole nitrogens is 1. The predicted molar refractivity (Wildman–Crippen MR) is 103 cm³/mol. The van der Waals surface area contributed by atoms with Crippen molar-refractivity contribution < 1.29 is 13.9 Å². The normalized spacial score (nSPS) is 10.4. The molecule has 2 heterocycles. The van der Waals surface area contributed by atoms with Gasteiger partial charge in [0.1, 0.15) is 17.1 Å². The first-order valence-corrected chi connectivity index (χ1v) is 8.42. The maximum absolute atomic E-state index is 12.9. The Morgan fingerprint density at radius 2 is 2.00 bits per heavy atom. The molecule has 1 amide bonds. The van der Waals surface area contributed by atoms with E-state index in [4.69, 9.17) is 9.15 Å². The molecule has 1 aromatic carbocycles. The van der Waals surface area contributed by atoms with E-state index in [-0.39, 0.29) is 11.5 Å². The second-order valence-corrected chi connectivity index (χ2v) is 5.91. The Kier molecular flexibility index (Phi) is 5.56. The van der Waals surface area contributed by atoms with Gasteiger partial charge >= 0.3 is 0 Å². The summed E-state index contributed by atoms with van der Waals surface area (Å²) < 4.78 is 10.4. The number of ether oxygens (including phenoxy) is 1. The summed E-state index contributed by atoms with van der Waals surface area (Å²) >= 11 is 0. The Bertz CT molecular complexity index is 972. The molecule has 0 aliphatic carbocycles. The van der Waals surface area contributed by atoms with Crippen molar-refractivity contribution in [2.24, 2.45) is 0 Å². The SMILES string of the molecule is C=CCN(Cc1ccc(OC)cc1)C(=O)c1ccc(-c2ccco2)[nH]c1=O. The summed E-state index contributed by atoms with van der Waals surface area (Å²) in [6, 6.07) is 14.1. The molecule has 27 heavy (non-hydrogen) atoms. The molecule has 3 rings (SSSR count). The van der Waals surface area contributed by atoms with Gasteiger partial charge in [0.2, 0.25) is 0 Å². The topological polar surface area (TPSA) is 75.5 Å². The van der Waals surface area contributed by atoms with Crippen LogP contribution >= 0.6 is 0 Å². The summed E-state index contributed by atoms with van der Waals surface area (Å²) in [5, 5.41) is 0. The van der Waals surface area contributed by atoms with Gasteiger partial charge < -0.3 is 19.0 Å². The highest BCUT2D eigenvalue weighted by Gasteiger charge is 2.19. The minimum atomic E-state index is -0.460. The number of carbonyl (C=O) groups is 1. The number of benzene rings is 1. The molecule has 0 bridgehead atoms. The van der Waals surface area contributed by atoms with Gasteiger partial charge in [-0.05, 0) is 42.0 Å². The number of hydrogen-bond acceptors (Lipinski definition) is 4. The zero-order valence-electron chi connectivity index (χ0n) is 15.0. The molecule has 138 valence electrons. The number of rotatable bonds is 7. The zero-order valence-corrected chi connectivity index (χ0v) is 15.0. The quantitative estimate of drug-likeness (QED) is 0.652. The highest BCUT2D eigenvalue weighted by Crippen LogP contribution is 2.17. The van der Waals surface area contributed by atoms with E-state index >= 15 is 0 Å². The van der Waals surface area contributed by atoms with Gasteiger partial charge in [-0.2, -0.15) is 0 Å². The second-order valence-electron chi connectivity index (χ2n) is 5.91. The van der Waals surface area contributed by atoms with Crippen molar-refractivity contribution in [1.82, 2.24) is 9.88 Å². The van der Waals surface area contributed by atoms with Gasteiger partial charge in [-0.15, -0.1) is 6.58 Å². The molecule has 0 radical (unpaired) electrons. The molecule has 0 atom stereocenters. The van der Waals surface area contributed by atoms with Crippen molar-refractivity contribution >= 4 is 5.91 Å². The van der Waals surface area contributed by atoms with Crippen LogP contribution in [0.15, 0.2) is 76.7 Å². The van der Waals surface area contributed by atoms with E-state index in [0.717, 1.165) is 11.3 Å². The average Bonchev–Trinajstić information content (AvgIpc) is 3.22. The summed E-state index contributed by atoms with van der Waals surface area (Å²) in [6.45, 7) is 4.38. The monoisotopic (exact) mass is 364 g/mol. The molecule has 0 spiro atoms. The Balaban J connectivity index is 1.83. The van der Waals surface area contributed by atoms with Crippen LogP contribution in [0.1, 0.15) is 15.9 Å². The fourth-order valence-corrected chi connectivity index (χ4v) is 2.71. The van der Waals surface area contributed by atoms with E-state index in [0.29, 0.717) is 24.5 Å². The third-order valence-electron chi connectivity index (χ3n) is 4.10. The molecule has 0 saturated carbocycles. The van der Waals surface area contributed by atoms with Crippen molar-refractivity contribution in [2.45, 2.75) is 6.54 Å². The summed E-state index contributed by atoms with van der Waals surface area (Å²) in [5.74, 6) is 0.913. The van der Waals surface area contributed by atoms with E-state index in [1.807, 2.05) is 24.3 Å². The van der Waals surface area contributed by atoms with Crippen LogP contribution in [-0.2, 0) is 6.54 Å². The van der Waals surface area contributed by atoms with E-state index in [1.165, 1.54) is 12.3 Å². The smallest absolute Gasteiger partial charge is 0.261 e. The lowest BCUT2D eigenvalue weighted by Gasteiger charge is -2.21. The van der Waals surface area contributed by atoms with Crippen LogP contribution in [-0.4, -0.2) is 29.4 Å². The fraction of sp³-hybridized carbons (Fsp3) is 0.143. The predicted octanol–water partition coefficient (Wildman–Crippen LogP) is 3.47. The van der Waals surface area contributed by atoms with E-state index in [9.17, 15) is 9.59 Å². The average molecular weight is 364 g/mol.